The number of H-pyrrole nitrogens is 1. The molecule has 0 saturated heterocycles. The topological polar surface area (TPSA) is 28.7 Å². The lowest BCUT2D eigenvalue weighted by Crippen LogP contribution is -2.26. The molecule has 2 heteroatoms. The average Bonchev–Trinajstić information content (AvgIpc) is 3.24. The van der Waals surface area contributed by atoms with Gasteiger partial charge in [-0.05, 0) is 123 Å². The molecule has 0 aliphatic heterocycles. The second-order valence-corrected chi connectivity index (χ2v) is 10.2. The Morgan fingerprint density at radius 2 is 1.71 bits per heavy atom. The van der Waals surface area contributed by atoms with Crippen molar-refractivity contribution in [3.63, 3.8) is 0 Å². The number of nitrogens with one attached hydrogen (secondary N) is 1. The highest BCUT2D eigenvalue weighted by atomic mass is 14.7. The summed E-state index contributed by atoms with van der Waals surface area (Å²) in [6.07, 6.45) is 10.9. The predicted octanol–water partition coefficient (Wildman–Crippen LogP) is 6.89. The Kier molecular flexibility index (Phi) is 7.90. The van der Waals surface area contributed by atoms with Gasteiger partial charge in [0.25, 0.3) is 0 Å². The summed E-state index contributed by atoms with van der Waals surface area (Å²) in [6.45, 7) is 13.1. The van der Waals surface area contributed by atoms with E-state index in [1.807, 2.05) is 0 Å². The Labute approximate surface area is 210 Å². The predicted molar refractivity (Wildman–Crippen MR) is 151 cm³/mol. The molecule has 0 bridgehead atoms. The molecule has 182 valence electrons. The molecule has 0 aliphatic rings. The molecule has 0 radical (unpaired) electrons. The number of aromatic nitrogens is 2. The third-order valence-corrected chi connectivity index (χ3v) is 7.20. The first kappa shape index (κ1) is 25.0. The molecule has 2 aromatic carbocycles. The molecular formula is C33H40N2. The lowest BCUT2D eigenvalue weighted by atomic mass is 9.95. The number of aromatic amines is 1. The fourth-order valence-electron chi connectivity index (χ4n) is 5.26. The van der Waals surface area contributed by atoms with E-state index in [0.29, 0.717) is 0 Å². The molecular weight excluding hydrogens is 424 g/mol. The van der Waals surface area contributed by atoms with Gasteiger partial charge in [-0.2, -0.15) is 0 Å². The van der Waals surface area contributed by atoms with E-state index in [0.717, 1.165) is 37.8 Å². The van der Waals surface area contributed by atoms with Crippen LogP contribution in [0.5, 0.6) is 0 Å². The fourth-order valence-corrected chi connectivity index (χ4v) is 5.26. The maximum absolute atomic E-state index is 4.95. The van der Waals surface area contributed by atoms with Crippen LogP contribution in [0.1, 0.15) is 79.7 Å². The quantitative estimate of drug-likeness (QED) is 0.302. The number of hydrogen-bond donors (Lipinski definition) is 1. The van der Waals surface area contributed by atoms with Crippen molar-refractivity contribution < 1.29 is 0 Å². The van der Waals surface area contributed by atoms with Crippen molar-refractivity contribution in [3.8, 4) is 0 Å². The van der Waals surface area contributed by atoms with Crippen LogP contribution in [0, 0.1) is 13.8 Å². The zero-order valence-electron chi connectivity index (χ0n) is 22.4. The van der Waals surface area contributed by atoms with Crippen LogP contribution >= 0.6 is 0 Å². The Hall–Kier alpha value is -3.13. The fraction of sp³-hybridized carbons (Fsp3) is 0.364. The van der Waals surface area contributed by atoms with E-state index in [2.05, 4.69) is 101 Å². The van der Waals surface area contributed by atoms with Crippen LogP contribution < -0.4 is 10.4 Å². The van der Waals surface area contributed by atoms with Crippen molar-refractivity contribution in [1.82, 2.24) is 9.97 Å². The first-order chi connectivity index (χ1) is 16.9. The second kappa shape index (κ2) is 11.1. The van der Waals surface area contributed by atoms with Gasteiger partial charge in [-0.15, -0.1) is 0 Å². The van der Waals surface area contributed by atoms with Crippen LogP contribution in [-0.4, -0.2) is 9.97 Å². The molecule has 0 amide bonds. The van der Waals surface area contributed by atoms with E-state index in [1.165, 1.54) is 66.8 Å². The highest BCUT2D eigenvalue weighted by molar-refractivity contribution is 5.83. The average molecular weight is 465 g/mol. The number of nitrogens with zero attached hydrogens (tertiary/aromatic N) is 1. The van der Waals surface area contributed by atoms with Crippen molar-refractivity contribution in [2.24, 2.45) is 0 Å². The Bertz CT molecular complexity index is 1450. The molecule has 2 heterocycles. The normalized spacial score (nSPS) is 12.0. The van der Waals surface area contributed by atoms with Crippen molar-refractivity contribution >= 4 is 22.6 Å². The van der Waals surface area contributed by atoms with Gasteiger partial charge in [0, 0.05) is 28.5 Å². The molecule has 4 rings (SSSR count). The van der Waals surface area contributed by atoms with Gasteiger partial charge in [-0.25, -0.2) is 0 Å². The standard InChI is InChI=1S/C33H40N2/c1-7-10-25-14-16-33-31(20-25)28(21-34-33)11-9-12-32-24(6)29(17-23(5)35-32)19-26-13-15-30(22(3)4)27(8-2)18-26/h8,13-18,20-21,34H,7,9-12,19H2,1-6H3/b27-8-. The van der Waals surface area contributed by atoms with E-state index < -0.39 is 0 Å². The molecule has 0 spiro atoms. The smallest absolute Gasteiger partial charge is 0.0456 e. The van der Waals surface area contributed by atoms with Crippen LogP contribution in [0.4, 0.5) is 0 Å². The third-order valence-electron chi connectivity index (χ3n) is 7.20. The maximum Gasteiger partial charge on any atom is 0.0456 e. The lowest BCUT2D eigenvalue weighted by molar-refractivity contribution is 0.788. The second-order valence-electron chi connectivity index (χ2n) is 10.2. The first-order valence-electron chi connectivity index (χ1n) is 13.2. The summed E-state index contributed by atoms with van der Waals surface area (Å²) in [5.74, 6) is 0. The number of pyridine rings is 1. The summed E-state index contributed by atoms with van der Waals surface area (Å²) in [5, 5.41) is 4.06. The van der Waals surface area contributed by atoms with Gasteiger partial charge in [0.05, 0.1) is 0 Å². The first-order valence-corrected chi connectivity index (χ1v) is 13.2. The molecule has 2 aromatic heterocycles. The molecule has 0 atom stereocenters. The van der Waals surface area contributed by atoms with Crippen LogP contribution in [0.15, 0.2) is 48.7 Å². The molecule has 1 N–H and O–H groups in total. The summed E-state index contributed by atoms with van der Waals surface area (Å²) in [6, 6.07) is 16.0. The van der Waals surface area contributed by atoms with Gasteiger partial charge in [-0.1, -0.05) is 49.3 Å². The Morgan fingerprint density at radius 1 is 0.914 bits per heavy atom. The molecule has 0 aliphatic carbocycles. The van der Waals surface area contributed by atoms with Crippen molar-refractivity contribution in [2.45, 2.75) is 80.1 Å². The number of aryl methyl sites for hydroxylation is 4. The SMILES string of the molecule is C/C=c1/cc(Cc2cc(C)nc(CCCc3c[nH]c4ccc(CCC)cc34)c2C)ccc1=C(C)C. The number of rotatable bonds is 8. The molecule has 2 nitrogen and oxygen atoms in total. The lowest BCUT2D eigenvalue weighted by Gasteiger charge is -2.13. The van der Waals surface area contributed by atoms with Crippen molar-refractivity contribution in [3.05, 3.63) is 98.3 Å². The van der Waals surface area contributed by atoms with Gasteiger partial charge in [0.2, 0.25) is 0 Å². The van der Waals surface area contributed by atoms with E-state index in [-0.39, 0.29) is 0 Å². The van der Waals surface area contributed by atoms with Crippen LogP contribution in [0.3, 0.4) is 0 Å². The number of hydrogen-bond acceptors (Lipinski definition) is 1. The molecule has 4 aromatic rings. The molecule has 35 heavy (non-hydrogen) atoms. The number of benzene rings is 2. The largest absolute Gasteiger partial charge is 0.361 e. The summed E-state index contributed by atoms with van der Waals surface area (Å²) in [4.78, 5) is 8.41. The summed E-state index contributed by atoms with van der Waals surface area (Å²) < 4.78 is 0. The van der Waals surface area contributed by atoms with E-state index in [4.69, 9.17) is 4.98 Å². The minimum atomic E-state index is 0.953. The van der Waals surface area contributed by atoms with Crippen LogP contribution in [0.2, 0.25) is 0 Å². The molecule has 0 saturated carbocycles. The minimum absolute atomic E-state index is 0.953. The van der Waals surface area contributed by atoms with E-state index in [9.17, 15) is 0 Å². The minimum Gasteiger partial charge on any atom is -0.361 e. The van der Waals surface area contributed by atoms with E-state index >= 15 is 0 Å². The Balaban J connectivity index is 1.52. The van der Waals surface area contributed by atoms with Gasteiger partial charge >= 0.3 is 0 Å². The third kappa shape index (κ3) is 5.75. The highest BCUT2D eigenvalue weighted by Gasteiger charge is 2.10. The van der Waals surface area contributed by atoms with Gasteiger partial charge in [0.15, 0.2) is 0 Å². The number of fused-ring (bicyclic) bond motifs is 1. The summed E-state index contributed by atoms with van der Waals surface area (Å²) in [7, 11) is 0. The van der Waals surface area contributed by atoms with Crippen LogP contribution in [0.25, 0.3) is 22.6 Å². The van der Waals surface area contributed by atoms with Gasteiger partial charge in [0.1, 0.15) is 0 Å². The maximum atomic E-state index is 4.95. The van der Waals surface area contributed by atoms with Crippen molar-refractivity contribution in [1.29, 1.82) is 0 Å². The Morgan fingerprint density at radius 3 is 2.46 bits per heavy atom. The molecule has 0 unspecified atom stereocenters. The zero-order valence-corrected chi connectivity index (χ0v) is 22.4. The summed E-state index contributed by atoms with van der Waals surface area (Å²) in [5.41, 5.74) is 12.0. The van der Waals surface area contributed by atoms with Crippen molar-refractivity contribution in [2.75, 3.05) is 0 Å². The van der Waals surface area contributed by atoms with E-state index in [1.54, 1.807) is 0 Å². The van der Waals surface area contributed by atoms with Gasteiger partial charge in [-0.3, -0.25) is 4.98 Å². The molecule has 0 fully saturated rings. The van der Waals surface area contributed by atoms with Gasteiger partial charge < -0.3 is 4.98 Å². The monoisotopic (exact) mass is 464 g/mol. The highest BCUT2D eigenvalue weighted by Crippen LogP contribution is 2.24. The summed E-state index contributed by atoms with van der Waals surface area (Å²) >= 11 is 0. The zero-order chi connectivity index (χ0) is 24.9. The van der Waals surface area contributed by atoms with Crippen LogP contribution in [-0.2, 0) is 25.7 Å².